The number of aryl methyl sites for hydroxylation is 1. The van der Waals surface area contributed by atoms with Crippen LogP contribution in [0, 0.1) is 0 Å². The lowest BCUT2D eigenvalue weighted by atomic mass is 9.90. The summed E-state index contributed by atoms with van der Waals surface area (Å²) in [5.41, 5.74) is 3.66. The van der Waals surface area contributed by atoms with Crippen LogP contribution in [0.4, 0.5) is 0 Å². The predicted molar refractivity (Wildman–Crippen MR) is 74.0 cm³/mol. The van der Waals surface area contributed by atoms with Crippen LogP contribution >= 0.6 is 0 Å². The Bertz CT molecular complexity index is 494. The third-order valence-electron chi connectivity index (χ3n) is 3.23. The number of ether oxygens (including phenoxy) is 2. The second kappa shape index (κ2) is 6.36. The zero-order chi connectivity index (χ0) is 13.7. The molecule has 0 amide bonds. The molecule has 0 saturated heterocycles. The predicted octanol–water partition coefficient (Wildman–Crippen LogP) is 2.19. The van der Waals surface area contributed by atoms with Crippen LogP contribution in [0.2, 0.25) is 0 Å². The first-order valence-corrected chi connectivity index (χ1v) is 6.56. The molecule has 1 aliphatic rings. The van der Waals surface area contributed by atoms with Gasteiger partial charge >= 0.3 is 5.97 Å². The maximum Gasteiger partial charge on any atom is 0.327 e. The van der Waals surface area contributed by atoms with Crippen molar-refractivity contribution in [3.63, 3.8) is 0 Å². The van der Waals surface area contributed by atoms with Crippen LogP contribution in [-0.4, -0.2) is 31.9 Å². The molecule has 0 spiro atoms. The summed E-state index contributed by atoms with van der Waals surface area (Å²) >= 11 is 0. The van der Waals surface area contributed by atoms with E-state index in [0.717, 1.165) is 30.7 Å². The van der Waals surface area contributed by atoms with E-state index in [9.17, 15) is 4.79 Å². The second-order valence-electron chi connectivity index (χ2n) is 4.50. The Labute approximate surface area is 113 Å². The fourth-order valence-electron chi connectivity index (χ4n) is 2.24. The molecule has 2 rings (SSSR count). The summed E-state index contributed by atoms with van der Waals surface area (Å²) in [4.78, 5) is 15.6. The van der Waals surface area contributed by atoms with Crippen LogP contribution in [0.3, 0.4) is 0 Å². The molecule has 0 saturated carbocycles. The van der Waals surface area contributed by atoms with E-state index in [1.165, 1.54) is 11.1 Å². The summed E-state index contributed by atoms with van der Waals surface area (Å²) in [5, 5.41) is 0. The van der Waals surface area contributed by atoms with Crippen LogP contribution in [0.15, 0.2) is 23.2 Å². The van der Waals surface area contributed by atoms with Crippen LogP contribution in [0.1, 0.15) is 24.5 Å². The van der Waals surface area contributed by atoms with Crippen molar-refractivity contribution < 1.29 is 14.3 Å². The summed E-state index contributed by atoms with van der Waals surface area (Å²) in [6.07, 6.45) is 2.67. The highest BCUT2D eigenvalue weighted by atomic mass is 16.5. The maximum absolute atomic E-state index is 11.3. The first kappa shape index (κ1) is 13.6. The number of esters is 1. The van der Waals surface area contributed by atoms with E-state index in [0.29, 0.717) is 6.61 Å². The molecule has 0 atom stereocenters. The number of carbonyl (C=O) groups is 1. The monoisotopic (exact) mass is 261 g/mol. The van der Waals surface area contributed by atoms with Crippen LogP contribution in [-0.2, 0) is 22.4 Å². The zero-order valence-corrected chi connectivity index (χ0v) is 11.4. The first-order chi connectivity index (χ1) is 9.22. The van der Waals surface area contributed by atoms with Gasteiger partial charge in [0, 0.05) is 12.1 Å². The minimum Gasteiger partial charge on any atom is -0.497 e. The van der Waals surface area contributed by atoms with Gasteiger partial charge in [-0.3, -0.25) is 9.79 Å². The first-order valence-electron chi connectivity index (χ1n) is 6.56. The molecule has 4 nitrogen and oxygen atoms in total. The molecule has 0 bridgehead atoms. The molecular weight excluding hydrogens is 242 g/mol. The quantitative estimate of drug-likeness (QED) is 0.781. The van der Waals surface area contributed by atoms with Crippen molar-refractivity contribution in [3.8, 4) is 5.75 Å². The maximum atomic E-state index is 11.3. The molecule has 1 aromatic carbocycles. The topological polar surface area (TPSA) is 47.9 Å². The number of nitrogens with zero attached hydrogens (tertiary/aromatic N) is 1. The molecule has 1 aliphatic carbocycles. The van der Waals surface area contributed by atoms with E-state index in [1.54, 1.807) is 14.0 Å². The van der Waals surface area contributed by atoms with E-state index < -0.39 is 0 Å². The van der Waals surface area contributed by atoms with E-state index >= 15 is 0 Å². The van der Waals surface area contributed by atoms with E-state index in [2.05, 4.69) is 17.1 Å². The summed E-state index contributed by atoms with van der Waals surface area (Å²) in [6, 6.07) is 6.12. The minimum atomic E-state index is -0.254. The SMILES string of the molecule is CCOC(=O)CN=C1CCc2cc(OC)ccc2C1. The van der Waals surface area contributed by atoms with E-state index in [-0.39, 0.29) is 12.5 Å². The van der Waals surface area contributed by atoms with Gasteiger partial charge in [0.25, 0.3) is 0 Å². The van der Waals surface area contributed by atoms with Gasteiger partial charge in [0.2, 0.25) is 0 Å². The van der Waals surface area contributed by atoms with Crippen molar-refractivity contribution in [3.05, 3.63) is 29.3 Å². The number of methoxy groups -OCH3 is 1. The number of aliphatic imine (C=N–C) groups is 1. The highest BCUT2D eigenvalue weighted by molar-refractivity contribution is 5.90. The number of hydrogen-bond acceptors (Lipinski definition) is 4. The molecule has 4 heteroatoms. The summed E-state index contributed by atoms with van der Waals surface area (Å²) in [6.45, 7) is 2.34. The Morgan fingerprint density at radius 3 is 2.89 bits per heavy atom. The summed E-state index contributed by atoms with van der Waals surface area (Å²) in [7, 11) is 1.68. The minimum absolute atomic E-state index is 0.134. The number of carbonyl (C=O) groups excluding carboxylic acids is 1. The molecule has 0 heterocycles. The van der Waals surface area contributed by atoms with Crippen molar-refractivity contribution in [1.29, 1.82) is 0 Å². The number of hydrogen-bond donors (Lipinski definition) is 0. The van der Waals surface area contributed by atoms with E-state index in [4.69, 9.17) is 9.47 Å². The van der Waals surface area contributed by atoms with Gasteiger partial charge in [-0.1, -0.05) is 6.07 Å². The molecule has 0 aliphatic heterocycles. The smallest absolute Gasteiger partial charge is 0.327 e. The molecule has 102 valence electrons. The lowest BCUT2D eigenvalue weighted by Gasteiger charge is -2.18. The zero-order valence-electron chi connectivity index (χ0n) is 11.4. The molecule has 0 aromatic heterocycles. The van der Waals surface area contributed by atoms with Gasteiger partial charge in [-0.25, -0.2) is 0 Å². The Morgan fingerprint density at radius 2 is 2.16 bits per heavy atom. The Kier molecular flexibility index (Phi) is 4.55. The van der Waals surface area contributed by atoms with Gasteiger partial charge in [-0.2, -0.15) is 0 Å². The molecule has 1 aromatic rings. The molecule has 0 unspecified atom stereocenters. The Morgan fingerprint density at radius 1 is 1.32 bits per heavy atom. The molecular formula is C15H19NO3. The number of fused-ring (bicyclic) bond motifs is 1. The molecule has 0 fully saturated rings. The lowest BCUT2D eigenvalue weighted by molar-refractivity contribution is -0.141. The largest absolute Gasteiger partial charge is 0.497 e. The normalized spacial score (nSPS) is 16.0. The third-order valence-corrected chi connectivity index (χ3v) is 3.23. The van der Waals surface area contributed by atoms with Gasteiger partial charge in [0.1, 0.15) is 12.3 Å². The van der Waals surface area contributed by atoms with Crippen molar-refractivity contribution in [2.45, 2.75) is 26.2 Å². The van der Waals surface area contributed by atoms with Gasteiger partial charge in [0.05, 0.1) is 13.7 Å². The van der Waals surface area contributed by atoms with Crippen LogP contribution in [0.5, 0.6) is 5.75 Å². The van der Waals surface area contributed by atoms with Gasteiger partial charge < -0.3 is 9.47 Å². The van der Waals surface area contributed by atoms with Crippen LogP contribution in [0.25, 0.3) is 0 Å². The standard InChI is InChI=1S/C15H19NO3/c1-3-19-15(17)10-16-13-6-4-12-9-14(18-2)7-5-11(12)8-13/h5,7,9H,3-4,6,8,10H2,1-2H3. The average molecular weight is 261 g/mol. The number of rotatable bonds is 4. The second-order valence-corrected chi connectivity index (χ2v) is 4.50. The van der Waals surface area contributed by atoms with Gasteiger partial charge in [-0.05, 0) is 43.0 Å². The summed E-state index contributed by atoms with van der Waals surface area (Å²) in [5.74, 6) is 0.640. The fraction of sp³-hybridized carbons (Fsp3) is 0.467. The van der Waals surface area contributed by atoms with Crippen molar-refractivity contribution in [2.24, 2.45) is 4.99 Å². The Balaban J connectivity index is 2.02. The van der Waals surface area contributed by atoms with Crippen molar-refractivity contribution >= 4 is 11.7 Å². The lowest BCUT2D eigenvalue weighted by Crippen LogP contribution is -2.16. The van der Waals surface area contributed by atoms with E-state index in [1.807, 2.05) is 6.07 Å². The van der Waals surface area contributed by atoms with Gasteiger partial charge in [0.15, 0.2) is 0 Å². The highest BCUT2D eigenvalue weighted by Crippen LogP contribution is 2.24. The van der Waals surface area contributed by atoms with Crippen molar-refractivity contribution in [1.82, 2.24) is 0 Å². The van der Waals surface area contributed by atoms with Crippen LogP contribution < -0.4 is 4.74 Å². The fourth-order valence-corrected chi connectivity index (χ4v) is 2.24. The van der Waals surface area contributed by atoms with Gasteiger partial charge in [-0.15, -0.1) is 0 Å². The Hall–Kier alpha value is -1.84. The van der Waals surface area contributed by atoms with Crippen molar-refractivity contribution in [2.75, 3.05) is 20.3 Å². The molecule has 19 heavy (non-hydrogen) atoms. The highest BCUT2D eigenvalue weighted by Gasteiger charge is 2.15. The number of benzene rings is 1. The molecule has 0 N–H and O–H groups in total. The average Bonchev–Trinajstić information content (AvgIpc) is 2.44. The molecule has 0 radical (unpaired) electrons. The third kappa shape index (κ3) is 3.56. The summed E-state index contributed by atoms with van der Waals surface area (Å²) < 4.78 is 10.1.